The summed E-state index contributed by atoms with van der Waals surface area (Å²) < 4.78 is 12.0. The zero-order valence-electron chi connectivity index (χ0n) is 73.4. The van der Waals surface area contributed by atoms with E-state index in [1.165, 1.54) is 77.9 Å². The highest BCUT2D eigenvalue weighted by Gasteiger charge is 2.28. The van der Waals surface area contributed by atoms with Gasteiger partial charge in [-0.3, -0.25) is 0 Å². The molecule has 0 radical (unpaired) electrons. The normalized spacial score (nSPS) is 11.2. The minimum absolute atomic E-state index is 0.446. The molecule has 6 heterocycles. The van der Waals surface area contributed by atoms with Crippen LogP contribution in [-0.4, -0.2) is 29.9 Å². The fraction of sp³-hybridized carbons (Fsp3) is 0.353. The van der Waals surface area contributed by atoms with Crippen molar-refractivity contribution < 1.29 is 27.4 Å². The maximum Gasteiger partial charge on any atom is 0.330 e. The summed E-state index contributed by atoms with van der Waals surface area (Å²) in [4.78, 5) is 27.6. The molecule has 7 aromatic carbocycles. The third kappa shape index (κ3) is 23.8. The molecule has 592 valence electrons. The van der Waals surface area contributed by atoms with Crippen molar-refractivity contribution in [2.45, 2.75) is 198 Å². The topological polar surface area (TPSA) is 101 Å². The highest BCUT2D eigenvalue weighted by atomic mass is 15.0. The van der Waals surface area contributed by atoms with E-state index in [-0.39, 0.29) is 0 Å². The van der Waals surface area contributed by atoms with E-state index >= 15 is 0 Å². The van der Waals surface area contributed by atoms with Crippen LogP contribution in [-0.2, 0) is 42.3 Å². The zero-order chi connectivity index (χ0) is 83.0. The van der Waals surface area contributed by atoms with Crippen LogP contribution in [0.25, 0.3) is 79.2 Å². The van der Waals surface area contributed by atoms with Crippen molar-refractivity contribution in [2.24, 2.45) is 42.3 Å². The van der Waals surface area contributed by atoms with Gasteiger partial charge in [0.05, 0.1) is 96.2 Å². The summed E-state index contributed by atoms with van der Waals surface area (Å²) in [6, 6.07) is 66.1. The summed E-state index contributed by atoms with van der Waals surface area (Å²) in [7, 11) is 12.0. The van der Waals surface area contributed by atoms with Crippen molar-refractivity contribution in [1.82, 2.24) is 29.9 Å². The first-order valence-corrected chi connectivity index (χ1v) is 41.1. The molecule has 0 fully saturated rings. The number of hydrogen-bond donors (Lipinski definition) is 0. The molecule has 0 aliphatic heterocycles. The molecule has 0 unspecified atom stereocenters. The molecule has 0 bridgehead atoms. The molecule has 0 atom stereocenters. The molecule has 13 aromatic rings. The van der Waals surface area contributed by atoms with Crippen LogP contribution in [0.2, 0.25) is 0 Å². The summed E-state index contributed by atoms with van der Waals surface area (Å²) in [6.07, 6.45) is 21.4. The van der Waals surface area contributed by atoms with Gasteiger partial charge in [0.25, 0.3) is 19.0 Å². The highest BCUT2D eigenvalue weighted by Crippen LogP contribution is 2.42. The third-order valence-corrected chi connectivity index (χ3v) is 20.5. The molecule has 0 N–H and O–H groups in total. The largest absolute Gasteiger partial charge is 0.330 e. The van der Waals surface area contributed by atoms with Gasteiger partial charge >= 0.3 is 17.5 Å². The van der Waals surface area contributed by atoms with E-state index in [1.54, 1.807) is 12.5 Å². The van der Waals surface area contributed by atoms with E-state index in [1.807, 2.05) is 120 Å². The molecule has 6 aromatic heterocycles. The molecule has 12 nitrogen and oxygen atoms in total. The fourth-order valence-electron chi connectivity index (χ4n) is 14.0. The molecule has 12 heteroatoms. The van der Waals surface area contributed by atoms with Crippen LogP contribution >= 0.6 is 0 Å². The van der Waals surface area contributed by atoms with Crippen LogP contribution in [0, 0.1) is 0 Å². The molecule has 0 amide bonds. The molecule has 0 spiro atoms. The van der Waals surface area contributed by atoms with Gasteiger partial charge < -0.3 is 0 Å². The Kier molecular flexibility index (Phi) is 32.8. The quantitative estimate of drug-likeness (QED) is 0.0842. The first kappa shape index (κ1) is 88.6. The van der Waals surface area contributed by atoms with E-state index in [0.29, 0.717) is 59.2 Å². The lowest BCUT2D eigenvalue weighted by Gasteiger charge is -2.21. The Bertz CT molecular complexity index is 5040. The van der Waals surface area contributed by atoms with Crippen LogP contribution in [0.15, 0.2) is 257 Å². The van der Waals surface area contributed by atoms with Gasteiger partial charge in [0, 0.05) is 58.7 Å². The predicted octanol–water partition coefficient (Wildman–Crippen LogP) is 22.3. The monoisotopic (exact) mass is 1520 g/mol. The molecular weight excluding hydrogens is 1390 g/mol. The zero-order valence-corrected chi connectivity index (χ0v) is 73.4. The molecule has 13 rings (SSSR count). The molecule has 114 heavy (non-hydrogen) atoms. The number of aryl methyl sites for hydroxylation is 6. The Morgan fingerprint density at radius 1 is 0.228 bits per heavy atom. The molecule has 0 saturated carbocycles. The summed E-state index contributed by atoms with van der Waals surface area (Å²) in [6.45, 7) is 45.3. The van der Waals surface area contributed by atoms with Gasteiger partial charge in [-0.2, -0.15) is 0 Å². The van der Waals surface area contributed by atoms with E-state index in [4.69, 9.17) is 9.97 Å². The number of hydrogen-bond acceptors (Lipinski definition) is 6. The average molecular weight is 1520 g/mol. The standard InChI is InChI=1S/C26H33N2.C23H27N2.C20H29N2.C17H23N2.C11H11N2.C5H7N2/c1-17(2)21-15-22(18(3)4)25(23(16-21)19(5)6)24-13-14-28(7)26(27-24)20-11-9-8-10-12-20;1-16(2)19-12-9-13-20(17(3)4)22(19)21-14-15-25(5)23(24-21)18-10-7-6-8-11-18;1-13(2)16-10-17(14(3)4)20(18(11-16)15(5)6)19-8-9-22(7)12-21-19;1-12(2)14-7-6-8-15(13(3)4)17(14)16-9-10-19(5)11-18-16;1-13-9-5-8-12-11(13)10-6-3-2-4-7-10;1-7-4-2-3-6-5-7/h8-19H,1-7H3;6-17H,1-5H3;8-15H,1-7H3;6-13H,1-5H3;2-9H,1H3;2-5H,1H3/q6*+1. The van der Waals surface area contributed by atoms with Gasteiger partial charge in [-0.15, -0.1) is 0 Å². The van der Waals surface area contributed by atoms with E-state index in [2.05, 4.69) is 352 Å². The van der Waals surface area contributed by atoms with Gasteiger partial charge in [-0.25, -0.2) is 27.4 Å². The minimum atomic E-state index is 0.446. The SMILES string of the molecule is CC(C)c1cc(C(C)C)c(-c2cc[n+](C)c(-c3ccccc3)n2)c(C(C)C)c1.CC(C)c1cc(C(C)C)c(-c2cc[n+](C)cn2)c(C(C)C)c1.CC(C)c1cccc(C(C)C)c1-c1cc[n+](C)c(-c2ccccc2)n1.CC(C)c1cccc(C(C)C)c1-c1cc[n+](C)cn1.C[n+]1cccnc1.C[n+]1cccnc1-c1ccccc1. The lowest BCUT2D eigenvalue weighted by atomic mass is 9.83. The number of benzene rings is 7. The van der Waals surface area contributed by atoms with Gasteiger partial charge in [0.15, 0.2) is 22.8 Å². The molecule has 0 aliphatic carbocycles. The van der Waals surface area contributed by atoms with Crippen molar-refractivity contribution in [3.63, 3.8) is 0 Å². The van der Waals surface area contributed by atoms with Crippen molar-refractivity contribution >= 4 is 0 Å². The Hall–Kier alpha value is -11.0. The van der Waals surface area contributed by atoms with Crippen molar-refractivity contribution in [1.29, 1.82) is 0 Å². The Morgan fingerprint density at radius 3 is 0.798 bits per heavy atom. The lowest BCUT2D eigenvalue weighted by molar-refractivity contribution is -0.674. The Labute approximate surface area is 684 Å². The van der Waals surface area contributed by atoms with Gasteiger partial charge in [0.2, 0.25) is 0 Å². The highest BCUT2D eigenvalue weighted by molar-refractivity contribution is 5.74. The van der Waals surface area contributed by atoms with E-state index in [9.17, 15) is 0 Å². The summed E-state index contributed by atoms with van der Waals surface area (Å²) in [5.74, 6) is 7.84. The molecular formula is C102H130N12+6. The number of rotatable bonds is 17. The second kappa shape index (κ2) is 42.2. The lowest BCUT2D eigenvalue weighted by Crippen LogP contribution is -2.31. The first-order chi connectivity index (χ1) is 54.4. The maximum atomic E-state index is 5.14. The summed E-state index contributed by atoms with van der Waals surface area (Å²) >= 11 is 0. The fourth-order valence-corrected chi connectivity index (χ4v) is 14.0. The van der Waals surface area contributed by atoms with Crippen LogP contribution in [0.4, 0.5) is 0 Å². The smallest absolute Gasteiger partial charge is 0.240 e. The van der Waals surface area contributed by atoms with E-state index < -0.39 is 0 Å². The van der Waals surface area contributed by atoms with Crippen LogP contribution in [0.3, 0.4) is 0 Å². The Balaban J connectivity index is 0.000000177. The van der Waals surface area contributed by atoms with Crippen molar-refractivity contribution in [3.8, 4) is 79.2 Å². The third-order valence-electron chi connectivity index (χ3n) is 20.5. The van der Waals surface area contributed by atoms with Gasteiger partial charge in [-0.05, 0) is 176 Å². The second-order valence-electron chi connectivity index (χ2n) is 33.1. The predicted molar refractivity (Wildman–Crippen MR) is 471 cm³/mol. The van der Waals surface area contributed by atoms with Crippen molar-refractivity contribution in [3.05, 3.63) is 312 Å². The van der Waals surface area contributed by atoms with Crippen molar-refractivity contribution in [2.75, 3.05) is 0 Å². The molecule has 0 saturated heterocycles. The molecule has 0 aliphatic rings. The van der Waals surface area contributed by atoms with Gasteiger partial charge in [0.1, 0.15) is 12.4 Å². The van der Waals surface area contributed by atoms with Crippen LogP contribution < -0.4 is 27.4 Å². The number of nitrogens with zero attached hydrogens (tertiary/aromatic N) is 12. The minimum Gasteiger partial charge on any atom is -0.240 e. The average Bonchev–Trinajstić information content (AvgIpc) is 0.781. The van der Waals surface area contributed by atoms with E-state index in [0.717, 1.165) is 56.9 Å². The Morgan fingerprint density at radius 2 is 0.518 bits per heavy atom. The first-order valence-electron chi connectivity index (χ1n) is 41.1. The second-order valence-corrected chi connectivity index (χ2v) is 33.1. The van der Waals surface area contributed by atoms with Crippen LogP contribution in [0.5, 0.6) is 0 Å². The number of aromatic nitrogens is 12. The summed E-state index contributed by atoms with van der Waals surface area (Å²) in [5.41, 5.74) is 26.9. The van der Waals surface area contributed by atoms with Crippen LogP contribution in [0.1, 0.15) is 253 Å². The summed E-state index contributed by atoms with van der Waals surface area (Å²) in [5, 5.41) is 0. The maximum absolute atomic E-state index is 5.14. The van der Waals surface area contributed by atoms with Gasteiger partial charge in [-0.1, -0.05) is 259 Å².